The summed E-state index contributed by atoms with van der Waals surface area (Å²) in [6.07, 6.45) is 0. The lowest BCUT2D eigenvalue weighted by atomic mass is 10.2. The highest BCUT2D eigenvalue weighted by Crippen LogP contribution is 2.23. The molecule has 0 saturated carbocycles. The first kappa shape index (κ1) is 17.6. The molecule has 134 valence electrons. The van der Waals surface area contributed by atoms with Crippen molar-refractivity contribution in [1.29, 1.82) is 0 Å². The lowest BCUT2D eigenvalue weighted by Crippen LogP contribution is -2.49. The Bertz CT molecular complexity index is 448. The fourth-order valence-corrected chi connectivity index (χ4v) is 3.87. The summed E-state index contributed by atoms with van der Waals surface area (Å²) in [6, 6.07) is 10.6. The fraction of sp³-hybridized carbons (Fsp3) is 0.700. The number of hydrogen-bond donors (Lipinski definition) is 0. The molecule has 0 spiro atoms. The van der Waals surface area contributed by atoms with Crippen molar-refractivity contribution in [3.05, 3.63) is 24.3 Å². The Morgan fingerprint density at radius 2 is 0.833 bits per heavy atom. The van der Waals surface area contributed by atoms with E-state index in [1.54, 1.807) is 0 Å². The average molecular weight is 331 g/mol. The third-order valence-electron chi connectivity index (χ3n) is 5.67. The van der Waals surface area contributed by atoms with Gasteiger partial charge in [0.15, 0.2) is 0 Å². The Hall–Kier alpha value is -1.26. The lowest BCUT2D eigenvalue weighted by molar-refractivity contribution is 0.209. The summed E-state index contributed by atoms with van der Waals surface area (Å²) in [5, 5.41) is 0. The van der Waals surface area contributed by atoms with Crippen molar-refractivity contribution in [3.8, 4) is 0 Å². The Kier molecular flexibility index (Phi) is 5.67. The highest BCUT2D eigenvalue weighted by molar-refractivity contribution is 5.56. The molecule has 2 fully saturated rings. The van der Waals surface area contributed by atoms with Gasteiger partial charge >= 0.3 is 0 Å². The second kappa shape index (κ2) is 7.75. The molecule has 3 rings (SSSR count). The van der Waals surface area contributed by atoms with Crippen LogP contribution < -0.4 is 9.80 Å². The molecular formula is C20H34N4. The Morgan fingerprint density at radius 1 is 0.542 bits per heavy atom. The fourth-order valence-electron chi connectivity index (χ4n) is 3.87. The standard InChI is InChI=1S/C20H34N4/c1-17(2)21-9-13-23(14-10-21)19-5-7-20(8-6-19)24-15-11-22(12-16-24)18(3)4/h5-8,17-18H,9-16H2,1-4H3. The lowest BCUT2D eigenvalue weighted by Gasteiger charge is -2.39. The van der Waals surface area contributed by atoms with E-state index in [0.29, 0.717) is 12.1 Å². The van der Waals surface area contributed by atoms with Gasteiger partial charge in [0.05, 0.1) is 0 Å². The highest BCUT2D eigenvalue weighted by Gasteiger charge is 2.21. The molecule has 4 heteroatoms. The topological polar surface area (TPSA) is 13.0 Å². The van der Waals surface area contributed by atoms with E-state index >= 15 is 0 Å². The van der Waals surface area contributed by atoms with Crippen LogP contribution in [0.5, 0.6) is 0 Å². The number of anilines is 2. The quantitative estimate of drug-likeness (QED) is 0.841. The smallest absolute Gasteiger partial charge is 0.0368 e. The van der Waals surface area contributed by atoms with E-state index in [1.807, 2.05) is 0 Å². The minimum Gasteiger partial charge on any atom is -0.369 e. The van der Waals surface area contributed by atoms with Gasteiger partial charge in [-0.3, -0.25) is 9.80 Å². The summed E-state index contributed by atoms with van der Waals surface area (Å²) >= 11 is 0. The molecule has 0 atom stereocenters. The van der Waals surface area contributed by atoms with E-state index in [0.717, 1.165) is 26.2 Å². The van der Waals surface area contributed by atoms with E-state index < -0.39 is 0 Å². The van der Waals surface area contributed by atoms with Crippen LogP contribution in [0.25, 0.3) is 0 Å². The van der Waals surface area contributed by atoms with E-state index in [2.05, 4.69) is 71.6 Å². The number of rotatable bonds is 4. The molecule has 2 saturated heterocycles. The Balaban J connectivity index is 1.55. The van der Waals surface area contributed by atoms with E-state index in [1.165, 1.54) is 37.6 Å². The number of benzene rings is 1. The summed E-state index contributed by atoms with van der Waals surface area (Å²) in [6.45, 7) is 18.5. The number of nitrogens with zero attached hydrogens (tertiary/aromatic N) is 4. The number of hydrogen-bond acceptors (Lipinski definition) is 4. The first-order valence-corrected chi connectivity index (χ1v) is 9.62. The minimum absolute atomic E-state index is 0.666. The summed E-state index contributed by atoms with van der Waals surface area (Å²) in [7, 11) is 0. The third-order valence-corrected chi connectivity index (χ3v) is 5.67. The molecule has 24 heavy (non-hydrogen) atoms. The van der Waals surface area contributed by atoms with Crippen LogP contribution in [0.15, 0.2) is 24.3 Å². The van der Waals surface area contributed by atoms with Gasteiger partial charge in [-0.15, -0.1) is 0 Å². The molecule has 1 aromatic rings. The van der Waals surface area contributed by atoms with Gasteiger partial charge in [-0.05, 0) is 52.0 Å². The molecule has 0 aromatic heterocycles. The molecule has 2 aliphatic heterocycles. The van der Waals surface area contributed by atoms with Crippen LogP contribution in [-0.4, -0.2) is 74.2 Å². The van der Waals surface area contributed by atoms with Crippen molar-refractivity contribution in [3.63, 3.8) is 0 Å². The van der Waals surface area contributed by atoms with Gasteiger partial charge in [0.25, 0.3) is 0 Å². The molecule has 0 radical (unpaired) electrons. The molecule has 0 unspecified atom stereocenters. The molecule has 0 amide bonds. The normalized spacial score (nSPS) is 21.1. The summed E-state index contributed by atoms with van der Waals surface area (Å²) in [4.78, 5) is 10.2. The Morgan fingerprint density at radius 3 is 1.08 bits per heavy atom. The van der Waals surface area contributed by atoms with Crippen molar-refractivity contribution in [2.24, 2.45) is 0 Å². The maximum Gasteiger partial charge on any atom is 0.0368 e. The largest absolute Gasteiger partial charge is 0.369 e. The van der Waals surface area contributed by atoms with Crippen LogP contribution in [0.2, 0.25) is 0 Å². The monoisotopic (exact) mass is 330 g/mol. The highest BCUT2D eigenvalue weighted by atomic mass is 15.3. The molecule has 0 N–H and O–H groups in total. The predicted molar refractivity (Wildman–Crippen MR) is 104 cm³/mol. The first-order valence-electron chi connectivity index (χ1n) is 9.62. The van der Waals surface area contributed by atoms with E-state index in [9.17, 15) is 0 Å². The minimum atomic E-state index is 0.666. The third kappa shape index (κ3) is 4.04. The van der Waals surface area contributed by atoms with Crippen LogP contribution >= 0.6 is 0 Å². The van der Waals surface area contributed by atoms with Gasteiger partial charge in [-0.1, -0.05) is 0 Å². The second-order valence-corrected chi connectivity index (χ2v) is 7.75. The summed E-state index contributed by atoms with van der Waals surface area (Å²) in [5.41, 5.74) is 2.76. The van der Waals surface area contributed by atoms with Gasteiger partial charge in [-0.25, -0.2) is 0 Å². The molecule has 2 aliphatic rings. The van der Waals surface area contributed by atoms with Crippen LogP contribution in [-0.2, 0) is 0 Å². The first-order chi connectivity index (χ1) is 11.5. The maximum atomic E-state index is 2.57. The average Bonchev–Trinajstić information content (AvgIpc) is 2.62. The molecule has 0 aliphatic carbocycles. The maximum absolute atomic E-state index is 2.57. The van der Waals surface area contributed by atoms with Gasteiger partial charge in [-0.2, -0.15) is 0 Å². The van der Waals surface area contributed by atoms with Crippen LogP contribution in [0, 0.1) is 0 Å². The van der Waals surface area contributed by atoms with Gasteiger partial charge in [0.1, 0.15) is 0 Å². The van der Waals surface area contributed by atoms with Gasteiger partial charge in [0.2, 0.25) is 0 Å². The van der Waals surface area contributed by atoms with Crippen molar-refractivity contribution in [2.45, 2.75) is 39.8 Å². The zero-order valence-corrected chi connectivity index (χ0v) is 15.9. The molecule has 1 aromatic carbocycles. The Labute approximate surface area is 148 Å². The van der Waals surface area contributed by atoms with Crippen molar-refractivity contribution in [2.75, 3.05) is 62.2 Å². The predicted octanol–water partition coefficient (Wildman–Crippen LogP) is 2.75. The van der Waals surface area contributed by atoms with Gasteiger partial charge < -0.3 is 9.80 Å². The van der Waals surface area contributed by atoms with Crippen molar-refractivity contribution >= 4 is 11.4 Å². The van der Waals surface area contributed by atoms with Crippen LogP contribution in [0.1, 0.15) is 27.7 Å². The van der Waals surface area contributed by atoms with Crippen molar-refractivity contribution < 1.29 is 0 Å². The molecule has 0 bridgehead atoms. The number of piperazine rings is 2. The summed E-state index contributed by atoms with van der Waals surface area (Å²) < 4.78 is 0. The molecule has 2 heterocycles. The molecular weight excluding hydrogens is 296 g/mol. The second-order valence-electron chi connectivity index (χ2n) is 7.75. The van der Waals surface area contributed by atoms with Gasteiger partial charge in [0, 0.05) is 75.8 Å². The SMILES string of the molecule is CC(C)N1CCN(c2ccc(N3CCN(C(C)C)CC3)cc2)CC1. The molecule has 4 nitrogen and oxygen atoms in total. The van der Waals surface area contributed by atoms with Crippen molar-refractivity contribution in [1.82, 2.24) is 9.80 Å². The van der Waals surface area contributed by atoms with E-state index in [4.69, 9.17) is 0 Å². The van der Waals surface area contributed by atoms with Crippen LogP contribution in [0.4, 0.5) is 11.4 Å². The zero-order chi connectivity index (χ0) is 17.1. The van der Waals surface area contributed by atoms with Crippen LogP contribution in [0.3, 0.4) is 0 Å². The summed E-state index contributed by atoms with van der Waals surface area (Å²) in [5.74, 6) is 0. The van der Waals surface area contributed by atoms with E-state index in [-0.39, 0.29) is 0 Å². The zero-order valence-electron chi connectivity index (χ0n) is 15.9.